The zero-order valence-corrected chi connectivity index (χ0v) is 9.78. The Morgan fingerprint density at radius 3 is 2.38 bits per heavy atom. The number of hydrogen-bond donors (Lipinski definition) is 1. The van der Waals surface area contributed by atoms with Gasteiger partial charge >= 0.3 is 0 Å². The van der Waals surface area contributed by atoms with Gasteiger partial charge in [-0.05, 0) is 45.6 Å². The Hall–Kier alpha value is -0.900. The van der Waals surface area contributed by atoms with E-state index in [4.69, 9.17) is 4.52 Å². The van der Waals surface area contributed by atoms with Gasteiger partial charge in [0.1, 0.15) is 0 Å². The van der Waals surface area contributed by atoms with Gasteiger partial charge in [0, 0.05) is 17.9 Å². The normalized spacial score (nSPS) is 30.6. The summed E-state index contributed by atoms with van der Waals surface area (Å²) in [5.41, 5.74) is 0. The molecule has 1 heterocycles. The minimum atomic E-state index is 0.504. The molecule has 4 heteroatoms. The molecule has 3 rings (SSSR count). The van der Waals surface area contributed by atoms with E-state index >= 15 is 0 Å². The van der Waals surface area contributed by atoms with Gasteiger partial charge in [0.15, 0.2) is 5.82 Å². The molecule has 0 radical (unpaired) electrons. The number of aromatic nitrogens is 2. The fourth-order valence-electron chi connectivity index (χ4n) is 2.55. The second-order valence-corrected chi connectivity index (χ2v) is 5.10. The lowest BCUT2D eigenvalue weighted by atomic mass is 9.86. The fraction of sp³-hybridized carbons (Fsp3) is 0.833. The molecule has 88 valence electrons. The lowest BCUT2D eigenvalue weighted by molar-refractivity contribution is 0.287. The van der Waals surface area contributed by atoms with Gasteiger partial charge in [-0.2, -0.15) is 4.98 Å². The fourth-order valence-corrected chi connectivity index (χ4v) is 2.55. The molecule has 2 aliphatic carbocycles. The van der Waals surface area contributed by atoms with E-state index in [1.807, 2.05) is 7.05 Å². The van der Waals surface area contributed by atoms with E-state index in [2.05, 4.69) is 15.5 Å². The number of nitrogens with one attached hydrogen (secondary N) is 1. The molecular formula is C12H19N3O. The summed E-state index contributed by atoms with van der Waals surface area (Å²) in [7, 11) is 2.04. The first kappa shape index (κ1) is 10.3. The van der Waals surface area contributed by atoms with Crippen molar-refractivity contribution in [3.8, 4) is 0 Å². The van der Waals surface area contributed by atoms with Crippen molar-refractivity contribution in [2.24, 2.45) is 0 Å². The Morgan fingerprint density at radius 1 is 1.06 bits per heavy atom. The molecule has 2 fully saturated rings. The van der Waals surface area contributed by atoms with Gasteiger partial charge in [-0.1, -0.05) is 5.16 Å². The molecule has 1 N–H and O–H groups in total. The molecule has 0 aliphatic heterocycles. The quantitative estimate of drug-likeness (QED) is 0.850. The van der Waals surface area contributed by atoms with Crippen LogP contribution in [-0.2, 0) is 0 Å². The van der Waals surface area contributed by atoms with Crippen LogP contribution < -0.4 is 5.32 Å². The van der Waals surface area contributed by atoms with Crippen LogP contribution in [0.1, 0.15) is 62.1 Å². The average Bonchev–Trinajstić information content (AvgIpc) is 3.08. The molecule has 0 aromatic carbocycles. The summed E-state index contributed by atoms with van der Waals surface area (Å²) in [5.74, 6) is 2.94. The van der Waals surface area contributed by atoms with Gasteiger partial charge in [-0.15, -0.1) is 0 Å². The van der Waals surface area contributed by atoms with Gasteiger partial charge in [-0.25, -0.2) is 0 Å². The summed E-state index contributed by atoms with van der Waals surface area (Å²) in [6.07, 6.45) is 7.29. The highest BCUT2D eigenvalue weighted by molar-refractivity contribution is 5.05. The Kier molecular flexibility index (Phi) is 2.67. The molecule has 2 saturated carbocycles. The van der Waals surface area contributed by atoms with E-state index in [0.29, 0.717) is 17.9 Å². The van der Waals surface area contributed by atoms with E-state index in [1.54, 1.807) is 0 Å². The summed E-state index contributed by atoms with van der Waals surface area (Å²) in [6, 6.07) is 0.682. The molecular weight excluding hydrogens is 202 g/mol. The highest BCUT2D eigenvalue weighted by Crippen LogP contribution is 2.39. The number of nitrogens with zero attached hydrogens (tertiary/aromatic N) is 2. The molecule has 0 spiro atoms. The van der Waals surface area contributed by atoms with Crippen molar-refractivity contribution >= 4 is 0 Å². The summed E-state index contributed by atoms with van der Waals surface area (Å²) in [4.78, 5) is 4.55. The molecule has 4 nitrogen and oxygen atoms in total. The van der Waals surface area contributed by atoms with Crippen LogP contribution in [0.25, 0.3) is 0 Å². The van der Waals surface area contributed by atoms with Crippen LogP contribution >= 0.6 is 0 Å². The summed E-state index contributed by atoms with van der Waals surface area (Å²) >= 11 is 0. The molecule has 0 bridgehead atoms. The highest BCUT2D eigenvalue weighted by Gasteiger charge is 2.31. The average molecular weight is 221 g/mol. The monoisotopic (exact) mass is 221 g/mol. The minimum absolute atomic E-state index is 0.504. The Labute approximate surface area is 95.8 Å². The van der Waals surface area contributed by atoms with Crippen molar-refractivity contribution in [3.05, 3.63) is 11.7 Å². The first-order valence-corrected chi connectivity index (χ1v) is 6.37. The Morgan fingerprint density at radius 2 is 1.75 bits per heavy atom. The van der Waals surface area contributed by atoms with Crippen molar-refractivity contribution in [2.45, 2.75) is 56.4 Å². The molecule has 2 aliphatic rings. The summed E-state index contributed by atoms with van der Waals surface area (Å²) < 4.78 is 5.39. The van der Waals surface area contributed by atoms with E-state index in [-0.39, 0.29) is 0 Å². The van der Waals surface area contributed by atoms with Crippen LogP contribution in [0, 0.1) is 0 Å². The first-order chi connectivity index (χ1) is 7.86. The molecule has 1 aromatic rings. The SMILES string of the molecule is CNC1CCC(c2nc(C3CC3)no2)CC1. The van der Waals surface area contributed by atoms with Crippen molar-refractivity contribution in [3.63, 3.8) is 0 Å². The van der Waals surface area contributed by atoms with Gasteiger partial charge in [0.2, 0.25) is 5.89 Å². The maximum absolute atomic E-state index is 5.39. The first-order valence-electron chi connectivity index (χ1n) is 6.37. The largest absolute Gasteiger partial charge is 0.339 e. The zero-order chi connectivity index (χ0) is 11.0. The van der Waals surface area contributed by atoms with Gasteiger partial charge in [0.25, 0.3) is 0 Å². The van der Waals surface area contributed by atoms with Crippen molar-refractivity contribution < 1.29 is 4.52 Å². The van der Waals surface area contributed by atoms with E-state index in [9.17, 15) is 0 Å². The van der Waals surface area contributed by atoms with Crippen LogP contribution in [0.2, 0.25) is 0 Å². The highest BCUT2D eigenvalue weighted by atomic mass is 16.5. The van der Waals surface area contributed by atoms with E-state index in [0.717, 1.165) is 11.7 Å². The Bertz CT molecular complexity index is 351. The van der Waals surface area contributed by atoms with E-state index in [1.165, 1.54) is 38.5 Å². The molecule has 0 saturated heterocycles. The van der Waals surface area contributed by atoms with Crippen molar-refractivity contribution in [1.82, 2.24) is 15.5 Å². The van der Waals surface area contributed by atoms with Crippen LogP contribution in [0.4, 0.5) is 0 Å². The standard InChI is InChI=1S/C12H19N3O/c1-13-10-6-4-9(5-7-10)12-14-11(15-16-12)8-2-3-8/h8-10,13H,2-7H2,1H3. The third-order valence-electron chi connectivity index (χ3n) is 3.88. The number of hydrogen-bond acceptors (Lipinski definition) is 4. The van der Waals surface area contributed by atoms with Gasteiger partial charge in [-0.3, -0.25) is 0 Å². The van der Waals surface area contributed by atoms with Crippen molar-refractivity contribution in [1.29, 1.82) is 0 Å². The smallest absolute Gasteiger partial charge is 0.229 e. The van der Waals surface area contributed by atoms with Crippen LogP contribution in [0.15, 0.2) is 4.52 Å². The second-order valence-electron chi connectivity index (χ2n) is 5.10. The maximum Gasteiger partial charge on any atom is 0.229 e. The van der Waals surface area contributed by atoms with Crippen molar-refractivity contribution in [2.75, 3.05) is 7.05 Å². The summed E-state index contributed by atoms with van der Waals surface area (Å²) in [6.45, 7) is 0. The third-order valence-corrected chi connectivity index (χ3v) is 3.88. The van der Waals surface area contributed by atoms with Gasteiger partial charge < -0.3 is 9.84 Å². The predicted octanol–water partition coefficient (Wildman–Crippen LogP) is 2.19. The molecule has 16 heavy (non-hydrogen) atoms. The van der Waals surface area contributed by atoms with Crippen LogP contribution in [0.5, 0.6) is 0 Å². The lowest BCUT2D eigenvalue weighted by Crippen LogP contribution is -2.29. The van der Waals surface area contributed by atoms with Crippen LogP contribution in [-0.4, -0.2) is 23.2 Å². The molecule has 0 atom stereocenters. The molecule has 0 unspecified atom stereocenters. The third kappa shape index (κ3) is 1.98. The van der Waals surface area contributed by atoms with Crippen LogP contribution in [0.3, 0.4) is 0 Å². The van der Waals surface area contributed by atoms with E-state index < -0.39 is 0 Å². The number of rotatable bonds is 3. The lowest BCUT2D eigenvalue weighted by Gasteiger charge is -2.25. The predicted molar refractivity (Wildman–Crippen MR) is 60.3 cm³/mol. The molecule has 1 aromatic heterocycles. The Balaban J connectivity index is 1.63. The minimum Gasteiger partial charge on any atom is -0.339 e. The second kappa shape index (κ2) is 4.17. The van der Waals surface area contributed by atoms with Gasteiger partial charge in [0.05, 0.1) is 0 Å². The maximum atomic E-state index is 5.39. The zero-order valence-electron chi connectivity index (χ0n) is 9.78. The molecule has 0 amide bonds. The topological polar surface area (TPSA) is 51.0 Å². The summed E-state index contributed by atoms with van der Waals surface area (Å²) in [5, 5.41) is 7.43.